The number of benzene rings is 2. The molecule has 3 nitrogen and oxygen atoms in total. The smallest absolute Gasteiger partial charge is 0.226 e. The van der Waals surface area contributed by atoms with Crippen molar-refractivity contribution in [2.24, 2.45) is 0 Å². The average molecular weight is 308 g/mol. The molecule has 1 amide bonds. The Morgan fingerprint density at radius 2 is 1.64 bits per heavy atom. The quantitative estimate of drug-likeness (QED) is 0.862. The van der Waals surface area contributed by atoms with E-state index >= 15 is 0 Å². The zero-order chi connectivity index (χ0) is 15.5. The Hall–Kier alpha value is -2.46. The molecule has 0 unspecified atom stereocenters. The normalized spacial score (nSPS) is 17.7. The summed E-state index contributed by atoms with van der Waals surface area (Å²) < 4.78 is 0. The molecule has 1 N–H and O–H groups in total. The zero-order valence-corrected chi connectivity index (χ0v) is 13.0. The molecule has 110 valence electrons. The first-order valence-electron chi connectivity index (χ1n) is 7.10. The third-order valence-corrected chi connectivity index (χ3v) is 3.93. The highest BCUT2D eigenvalue weighted by Gasteiger charge is 2.29. The Kier molecular flexibility index (Phi) is 4.02. The Morgan fingerprint density at radius 1 is 1.05 bits per heavy atom. The van der Waals surface area contributed by atoms with Crippen molar-refractivity contribution >= 4 is 28.9 Å². The number of carbonyl (C=O) groups is 1. The van der Waals surface area contributed by atoms with Crippen LogP contribution in [0.25, 0.3) is 5.70 Å². The van der Waals surface area contributed by atoms with Gasteiger partial charge in [0.05, 0.1) is 6.04 Å². The van der Waals surface area contributed by atoms with E-state index in [1.807, 2.05) is 66.7 Å². The van der Waals surface area contributed by atoms with E-state index in [1.165, 1.54) is 6.92 Å². The minimum Gasteiger partial charge on any atom is -0.332 e. The summed E-state index contributed by atoms with van der Waals surface area (Å²) in [6.07, 6.45) is 2.04. The molecule has 3 rings (SSSR count). The van der Waals surface area contributed by atoms with Gasteiger partial charge in [0.15, 0.2) is 5.11 Å². The van der Waals surface area contributed by atoms with E-state index in [1.54, 1.807) is 4.90 Å². The number of amides is 1. The number of nitrogens with zero attached hydrogens (tertiary/aromatic N) is 1. The Morgan fingerprint density at radius 3 is 2.23 bits per heavy atom. The molecule has 1 aliphatic heterocycles. The van der Waals surface area contributed by atoms with Crippen molar-refractivity contribution in [1.29, 1.82) is 0 Å². The number of nitrogens with one attached hydrogen (secondary N) is 1. The van der Waals surface area contributed by atoms with Crippen LogP contribution < -0.4 is 5.32 Å². The van der Waals surface area contributed by atoms with Crippen LogP contribution in [0.4, 0.5) is 0 Å². The summed E-state index contributed by atoms with van der Waals surface area (Å²) in [6.45, 7) is 1.53. The molecule has 1 aliphatic rings. The lowest BCUT2D eigenvalue weighted by atomic mass is 10.00. The summed E-state index contributed by atoms with van der Waals surface area (Å²) in [5, 5.41) is 3.59. The molecule has 0 aliphatic carbocycles. The molecule has 0 spiro atoms. The van der Waals surface area contributed by atoms with Gasteiger partial charge in [-0.05, 0) is 29.4 Å². The Balaban J connectivity index is 2.08. The lowest BCUT2D eigenvalue weighted by Crippen LogP contribution is -2.46. The molecule has 0 radical (unpaired) electrons. The van der Waals surface area contributed by atoms with Gasteiger partial charge in [0.25, 0.3) is 0 Å². The second-order valence-electron chi connectivity index (χ2n) is 5.12. The molecular formula is C18H16N2OS. The molecule has 22 heavy (non-hydrogen) atoms. The van der Waals surface area contributed by atoms with Crippen molar-refractivity contribution in [3.05, 3.63) is 77.9 Å². The fourth-order valence-corrected chi connectivity index (χ4v) is 2.95. The van der Waals surface area contributed by atoms with Crippen molar-refractivity contribution in [3.8, 4) is 0 Å². The van der Waals surface area contributed by atoms with Crippen LogP contribution in [0.15, 0.2) is 66.7 Å². The van der Waals surface area contributed by atoms with E-state index in [2.05, 4.69) is 5.32 Å². The van der Waals surface area contributed by atoms with Crippen molar-refractivity contribution in [3.63, 3.8) is 0 Å². The van der Waals surface area contributed by atoms with Crippen LogP contribution in [0.5, 0.6) is 0 Å². The van der Waals surface area contributed by atoms with Crippen LogP contribution in [0.1, 0.15) is 24.1 Å². The number of hydrogen-bond donors (Lipinski definition) is 1. The highest BCUT2D eigenvalue weighted by Crippen LogP contribution is 2.30. The van der Waals surface area contributed by atoms with Gasteiger partial charge in [0.2, 0.25) is 5.91 Å². The molecule has 2 aromatic carbocycles. The summed E-state index contributed by atoms with van der Waals surface area (Å²) >= 11 is 5.41. The number of hydrogen-bond acceptors (Lipinski definition) is 2. The summed E-state index contributed by atoms with van der Waals surface area (Å²) in [6, 6.07) is 19.7. The van der Waals surface area contributed by atoms with Crippen LogP contribution in [0.3, 0.4) is 0 Å². The van der Waals surface area contributed by atoms with Crippen LogP contribution in [0.2, 0.25) is 0 Å². The Bertz CT molecular complexity index is 725. The predicted octanol–water partition coefficient (Wildman–Crippen LogP) is 3.51. The first-order valence-corrected chi connectivity index (χ1v) is 7.50. The maximum atomic E-state index is 12.0. The first kappa shape index (κ1) is 14.5. The maximum Gasteiger partial charge on any atom is 0.226 e. The van der Waals surface area contributed by atoms with Crippen LogP contribution in [-0.4, -0.2) is 15.9 Å². The molecular weight excluding hydrogens is 292 g/mol. The second kappa shape index (κ2) is 6.12. The molecule has 2 aromatic rings. The van der Waals surface area contributed by atoms with Gasteiger partial charge in [-0.3, -0.25) is 9.69 Å². The third kappa shape index (κ3) is 2.78. The second-order valence-corrected chi connectivity index (χ2v) is 5.51. The SMILES string of the molecule is CC(=O)N1C(=S)NC(c2ccccc2)=C[C@@H]1c1ccccc1. The molecule has 0 saturated carbocycles. The van der Waals surface area contributed by atoms with Gasteiger partial charge < -0.3 is 5.32 Å². The lowest BCUT2D eigenvalue weighted by Gasteiger charge is -2.35. The van der Waals surface area contributed by atoms with Crippen molar-refractivity contribution < 1.29 is 4.79 Å². The van der Waals surface area contributed by atoms with E-state index in [9.17, 15) is 4.79 Å². The number of thiocarbonyl (C=S) groups is 1. The minimum atomic E-state index is -0.192. The minimum absolute atomic E-state index is 0.0743. The topological polar surface area (TPSA) is 32.3 Å². The first-order chi connectivity index (χ1) is 10.7. The van der Waals surface area contributed by atoms with Crippen molar-refractivity contribution in [1.82, 2.24) is 10.2 Å². The van der Waals surface area contributed by atoms with Gasteiger partial charge >= 0.3 is 0 Å². The highest BCUT2D eigenvalue weighted by atomic mass is 32.1. The van der Waals surface area contributed by atoms with E-state index in [-0.39, 0.29) is 11.9 Å². The zero-order valence-electron chi connectivity index (χ0n) is 12.2. The highest BCUT2D eigenvalue weighted by molar-refractivity contribution is 7.80. The van der Waals surface area contributed by atoms with Gasteiger partial charge in [0.1, 0.15) is 0 Å². The fourth-order valence-electron chi connectivity index (χ4n) is 2.60. The van der Waals surface area contributed by atoms with Crippen molar-refractivity contribution in [2.45, 2.75) is 13.0 Å². The molecule has 0 aromatic heterocycles. The largest absolute Gasteiger partial charge is 0.332 e. The molecule has 0 fully saturated rings. The summed E-state index contributed by atoms with van der Waals surface area (Å²) in [4.78, 5) is 13.6. The summed E-state index contributed by atoms with van der Waals surface area (Å²) in [7, 11) is 0. The standard InChI is InChI=1S/C18H16N2OS/c1-13(21)20-17(15-10-6-3-7-11-15)12-16(19-18(20)22)14-8-4-2-5-9-14/h2-12,17H,1H3,(H,19,22)/t17-/m1/s1. The van der Waals surface area contributed by atoms with Crippen molar-refractivity contribution in [2.75, 3.05) is 0 Å². The number of carbonyl (C=O) groups excluding carboxylic acids is 1. The third-order valence-electron chi connectivity index (χ3n) is 3.63. The number of rotatable bonds is 2. The van der Waals surface area contributed by atoms with E-state index in [0.29, 0.717) is 5.11 Å². The van der Waals surface area contributed by atoms with Gasteiger partial charge in [-0.25, -0.2) is 0 Å². The van der Waals surface area contributed by atoms with Gasteiger partial charge in [-0.15, -0.1) is 0 Å². The fraction of sp³-hybridized carbons (Fsp3) is 0.111. The Labute approximate surface area is 135 Å². The van der Waals surface area contributed by atoms with Gasteiger partial charge in [-0.1, -0.05) is 60.7 Å². The van der Waals surface area contributed by atoms with Crippen LogP contribution >= 0.6 is 12.2 Å². The van der Waals surface area contributed by atoms with Crippen LogP contribution in [-0.2, 0) is 4.79 Å². The van der Waals surface area contributed by atoms with E-state index in [4.69, 9.17) is 12.2 Å². The molecule has 0 saturated heterocycles. The molecule has 1 atom stereocenters. The van der Waals surface area contributed by atoms with Gasteiger partial charge in [-0.2, -0.15) is 0 Å². The summed E-state index contributed by atoms with van der Waals surface area (Å²) in [5.74, 6) is -0.0743. The molecule has 1 heterocycles. The molecule has 4 heteroatoms. The van der Waals surface area contributed by atoms with Crippen LogP contribution in [0, 0.1) is 0 Å². The van der Waals surface area contributed by atoms with Gasteiger partial charge in [0, 0.05) is 12.6 Å². The molecule has 0 bridgehead atoms. The van der Waals surface area contributed by atoms with E-state index < -0.39 is 0 Å². The monoisotopic (exact) mass is 308 g/mol. The average Bonchev–Trinajstić information content (AvgIpc) is 2.55. The maximum absolute atomic E-state index is 12.0. The lowest BCUT2D eigenvalue weighted by molar-refractivity contribution is -0.126. The predicted molar refractivity (Wildman–Crippen MR) is 91.9 cm³/mol. The van der Waals surface area contributed by atoms with E-state index in [0.717, 1.165) is 16.8 Å². The summed E-state index contributed by atoms with van der Waals surface area (Å²) in [5.41, 5.74) is 3.01.